The highest BCUT2D eigenvalue weighted by Gasteiger charge is 2.28. The van der Waals surface area contributed by atoms with E-state index < -0.39 is 28.4 Å². The van der Waals surface area contributed by atoms with Crippen molar-refractivity contribution in [2.24, 2.45) is 0 Å². The first-order valence-corrected chi connectivity index (χ1v) is 15.2. The summed E-state index contributed by atoms with van der Waals surface area (Å²) in [5.74, 6) is 0.107. The molecule has 0 radical (unpaired) electrons. The molecular formula is C34H30N4O5S. The molecule has 5 aromatic rings. The Kier molecular flexibility index (Phi) is 9.31. The lowest BCUT2D eigenvalue weighted by Gasteiger charge is -2.24. The third-order valence-electron chi connectivity index (χ3n) is 6.62. The topological polar surface area (TPSA) is 118 Å². The van der Waals surface area contributed by atoms with Crippen LogP contribution in [0.2, 0.25) is 0 Å². The molecule has 0 aliphatic carbocycles. The van der Waals surface area contributed by atoms with Crippen LogP contribution in [0.1, 0.15) is 21.5 Å². The minimum Gasteiger partial charge on any atom is -0.457 e. The van der Waals surface area contributed by atoms with Crippen LogP contribution in [0.15, 0.2) is 133 Å². The molecule has 0 atom stereocenters. The molecule has 0 fully saturated rings. The minimum absolute atomic E-state index is 0.0377. The highest BCUT2D eigenvalue weighted by molar-refractivity contribution is 7.92. The van der Waals surface area contributed by atoms with E-state index in [0.29, 0.717) is 11.5 Å². The predicted molar refractivity (Wildman–Crippen MR) is 169 cm³/mol. The summed E-state index contributed by atoms with van der Waals surface area (Å²) >= 11 is 0. The number of anilines is 2. The number of rotatable bonds is 11. The number of sulfonamides is 1. The molecule has 0 unspecified atom stereocenters. The molecular weight excluding hydrogens is 576 g/mol. The summed E-state index contributed by atoms with van der Waals surface area (Å²) in [6, 6.07) is 32.2. The highest BCUT2D eigenvalue weighted by Crippen LogP contribution is 2.28. The predicted octanol–water partition coefficient (Wildman–Crippen LogP) is 5.95. The zero-order valence-corrected chi connectivity index (χ0v) is 24.7. The fourth-order valence-electron chi connectivity index (χ4n) is 4.35. The van der Waals surface area contributed by atoms with Gasteiger partial charge in [-0.2, -0.15) is 0 Å². The van der Waals surface area contributed by atoms with Gasteiger partial charge in [-0.15, -0.1) is 0 Å². The van der Waals surface area contributed by atoms with E-state index in [0.717, 1.165) is 15.4 Å². The van der Waals surface area contributed by atoms with E-state index in [9.17, 15) is 18.0 Å². The number of nitrogens with zero attached hydrogens (tertiary/aromatic N) is 2. The molecule has 1 aromatic heterocycles. The van der Waals surface area contributed by atoms with Crippen LogP contribution >= 0.6 is 0 Å². The number of carbonyl (C=O) groups excluding carboxylic acids is 2. The number of hydrogen-bond donors (Lipinski definition) is 2. The maximum atomic E-state index is 13.8. The molecule has 2 N–H and O–H groups in total. The van der Waals surface area contributed by atoms with Gasteiger partial charge in [0, 0.05) is 18.9 Å². The molecule has 0 bridgehead atoms. The van der Waals surface area contributed by atoms with E-state index in [1.807, 2.05) is 43.3 Å². The van der Waals surface area contributed by atoms with Crippen LogP contribution in [0, 0.1) is 6.92 Å². The van der Waals surface area contributed by atoms with Crippen LogP contribution in [-0.4, -0.2) is 31.8 Å². The molecule has 0 saturated carbocycles. The number of ether oxygens (including phenoxy) is 1. The van der Waals surface area contributed by atoms with Crippen molar-refractivity contribution in [3.05, 3.63) is 144 Å². The van der Waals surface area contributed by atoms with Gasteiger partial charge in [0.1, 0.15) is 18.0 Å². The number of pyridine rings is 1. The summed E-state index contributed by atoms with van der Waals surface area (Å²) in [5, 5.41) is 5.54. The van der Waals surface area contributed by atoms with Crippen molar-refractivity contribution in [3.63, 3.8) is 0 Å². The Morgan fingerprint density at radius 1 is 0.795 bits per heavy atom. The third kappa shape index (κ3) is 7.47. The van der Waals surface area contributed by atoms with E-state index >= 15 is 0 Å². The maximum Gasteiger partial charge on any atom is 0.264 e. The Bertz CT molecular complexity index is 1830. The van der Waals surface area contributed by atoms with Gasteiger partial charge < -0.3 is 15.4 Å². The van der Waals surface area contributed by atoms with Gasteiger partial charge in [0.05, 0.1) is 21.8 Å². The molecule has 0 spiro atoms. The minimum atomic E-state index is -4.15. The Balaban J connectivity index is 1.37. The largest absolute Gasteiger partial charge is 0.457 e. The van der Waals surface area contributed by atoms with Gasteiger partial charge in [-0.25, -0.2) is 8.42 Å². The van der Waals surface area contributed by atoms with Gasteiger partial charge in [0.2, 0.25) is 5.91 Å². The number of para-hydroxylation sites is 2. The van der Waals surface area contributed by atoms with Crippen LogP contribution in [0.5, 0.6) is 11.5 Å². The van der Waals surface area contributed by atoms with Crippen LogP contribution in [0.4, 0.5) is 11.4 Å². The van der Waals surface area contributed by atoms with Crippen molar-refractivity contribution < 1.29 is 22.7 Å². The molecule has 10 heteroatoms. The average molecular weight is 607 g/mol. The van der Waals surface area contributed by atoms with Gasteiger partial charge in [-0.1, -0.05) is 54.1 Å². The van der Waals surface area contributed by atoms with Crippen molar-refractivity contribution in [1.82, 2.24) is 10.3 Å². The molecule has 0 aliphatic rings. The SMILES string of the molecule is Cc1ccc(S(=O)(=O)N(CC(=O)Nc2ccccc2C(=O)NCc2cccnc2)c2ccc(Oc3ccccc3)cc2)cc1. The Morgan fingerprint density at radius 3 is 2.18 bits per heavy atom. The normalized spacial score (nSPS) is 10.9. The molecule has 1 heterocycles. The fraction of sp³-hybridized carbons (Fsp3) is 0.0882. The highest BCUT2D eigenvalue weighted by atomic mass is 32.2. The van der Waals surface area contributed by atoms with Crippen LogP contribution < -0.4 is 19.7 Å². The van der Waals surface area contributed by atoms with E-state index in [1.165, 1.54) is 12.1 Å². The number of amides is 2. The number of hydrogen-bond acceptors (Lipinski definition) is 6. The quantitative estimate of drug-likeness (QED) is 0.192. The van der Waals surface area contributed by atoms with Crippen LogP contribution in [0.3, 0.4) is 0 Å². The molecule has 0 aliphatic heterocycles. The van der Waals surface area contributed by atoms with E-state index in [2.05, 4.69) is 15.6 Å². The van der Waals surface area contributed by atoms with E-state index in [1.54, 1.807) is 79.1 Å². The van der Waals surface area contributed by atoms with Gasteiger partial charge in [-0.05, 0) is 79.2 Å². The second-order valence-electron chi connectivity index (χ2n) is 9.87. The molecule has 222 valence electrons. The number of benzene rings is 4. The third-order valence-corrected chi connectivity index (χ3v) is 8.41. The van der Waals surface area contributed by atoms with Gasteiger partial charge in [0.15, 0.2) is 0 Å². The summed E-state index contributed by atoms with van der Waals surface area (Å²) in [4.78, 5) is 30.5. The van der Waals surface area contributed by atoms with E-state index in [4.69, 9.17) is 4.74 Å². The second kappa shape index (κ2) is 13.7. The summed E-state index contributed by atoms with van der Waals surface area (Å²) in [7, 11) is -4.15. The first kappa shape index (κ1) is 30.0. The lowest BCUT2D eigenvalue weighted by atomic mass is 10.1. The van der Waals surface area contributed by atoms with Gasteiger partial charge >= 0.3 is 0 Å². The zero-order chi connectivity index (χ0) is 30.9. The van der Waals surface area contributed by atoms with Gasteiger partial charge in [0.25, 0.3) is 15.9 Å². The Hall–Kier alpha value is -5.48. The molecule has 9 nitrogen and oxygen atoms in total. The molecule has 44 heavy (non-hydrogen) atoms. The number of aromatic nitrogens is 1. The fourth-order valence-corrected chi connectivity index (χ4v) is 5.77. The van der Waals surface area contributed by atoms with Crippen LogP contribution in [-0.2, 0) is 21.4 Å². The maximum absolute atomic E-state index is 13.8. The van der Waals surface area contributed by atoms with Gasteiger partial charge in [-0.3, -0.25) is 18.9 Å². The molecule has 0 saturated heterocycles. The lowest BCUT2D eigenvalue weighted by molar-refractivity contribution is -0.114. The summed E-state index contributed by atoms with van der Waals surface area (Å²) in [6.45, 7) is 1.57. The molecule has 2 amide bonds. The standard InChI is InChI=1S/C34H30N4O5S/c1-25-13-19-30(20-14-25)44(41,42)38(27-15-17-29(18-16-27)43-28-9-3-2-4-10-28)24-33(39)37-32-12-6-5-11-31(32)34(40)36-23-26-8-7-21-35-22-26/h2-22H,23-24H2,1H3,(H,36,40)(H,37,39). The Labute approximate surface area is 256 Å². The van der Waals surface area contributed by atoms with Crippen molar-refractivity contribution in [3.8, 4) is 11.5 Å². The lowest BCUT2D eigenvalue weighted by Crippen LogP contribution is -2.38. The second-order valence-corrected chi connectivity index (χ2v) is 11.7. The summed E-state index contributed by atoms with van der Waals surface area (Å²) in [5.41, 5.74) is 2.47. The molecule has 5 rings (SSSR count). The Morgan fingerprint density at radius 2 is 1.48 bits per heavy atom. The number of nitrogens with one attached hydrogen (secondary N) is 2. The van der Waals surface area contributed by atoms with Crippen molar-refractivity contribution >= 4 is 33.2 Å². The number of carbonyl (C=O) groups is 2. The van der Waals surface area contributed by atoms with Crippen molar-refractivity contribution in [2.75, 3.05) is 16.2 Å². The number of aryl methyl sites for hydroxylation is 1. The summed E-state index contributed by atoms with van der Waals surface area (Å²) in [6.07, 6.45) is 3.29. The first-order valence-electron chi connectivity index (χ1n) is 13.8. The smallest absolute Gasteiger partial charge is 0.264 e. The average Bonchev–Trinajstić information content (AvgIpc) is 3.04. The van der Waals surface area contributed by atoms with Crippen molar-refractivity contribution in [2.45, 2.75) is 18.4 Å². The monoisotopic (exact) mass is 606 g/mol. The van der Waals surface area contributed by atoms with E-state index in [-0.39, 0.29) is 28.4 Å². The van der Waals surface area contributed by atoms with Crippen molar-refractivity contribution in [1.29, 1.82) is 0 Å². The van der Waals surface area contributed by atoms with Crippen LogP contribution in [0.25, 0.3) is 0 Å². The zero-order valence-electron chi connectivity index (χ0n) is 23.9. The summed E-state index contributed by atoms with van der Waals surface area (Å²) < 4.78 is 34.6. The molecule has 4 aromatic carbocycles. The first-order chi connectivity index (χ1) is 21.3.